The van der Waals surface area contributed by atoms with Crippen LogP contribution in [0.5, 0.6) is 0 Å². The Bertz CT molecular complexity index is 738. The van der Waals surface area contributed by atoms with E-state index in [-0.39, 0.29) is 18.6 Å². The van der Waals surface area contributed by atoms with E-state index < -0.39 is 6.23 Å². The Morgan fingerprint density at radius 2 is 1.48 bits per heavy atom. The highest BCUT2D eigenvalue weighted by molar-refractivity contribution is 5.84. The number of nitrogens with zero attached hydrogens (tertiary/aromatic N) is 2. The molecule has 0 aliphatic carbocycles. The molecular weight excluding hydrogens is 364 g/mol. The number of aliphatic hydroxyl groups excluding tert-OH is 2. The van der Waals surface area contributed by atoms with Crippen molar-refractivity contribution >= 4 is 5.91 Å². The summed E-state index contributed by atoms with van der Waals surface area (Å²) in [6, 6.07) is 19.9. The van der Waals surface area contributed by atoms with Crippen LogP contribution in [-0.2, 0) is 17.9 Å². The van der Waals surface area contributed by atoms with Gasteiger partial charge in [0.2, 0.25) is 5.91 Å². The number of carbonyl (C=O) groups excluding carboxylic acids is 1. The van der Waals surface area contributed by atoms with Crippen LogP contribution < -0.4 is 0 Å². The fraction of sp³-hybridized carbons (Fsp3) is 0.375. The molecule has 154 valence electrons. The molecule has 0 aromatic heterocycles. The Balaban J connectivity index is 1.71. The first-order valence-electron chi connectivity index (χ1n) is 10.3. The summed E-state index contributed by atoms with van der Waals surface area (Å²) in [5.74, 6) is -0.0140. The maximum absolute atomic E-state index is 13.1. The van der Waals surface area contributed by atoms with Gasteiger partial charge in [-0.2, -0.15) is 0 Å². The first-order chi connectivity index (χ1) is 14.2. The predicted octanol–water partition coefficient (Wildman–Crippen LogP) is 2.94. The standard InChI is InChI=1S/C24H30N2O3/c27-16-10-2-1-9-15-26-23(28)17-22(24(26)29)25(18-20-11-5-3-6-12-20)19-21-13-7-4-8-14-21/h1-8,11-14,22-23,27-28H,9-10,15-19H2/b2-1+/t22-,23?/m0/s1. The molecule has 2 N–H and O–H groups in total. The molecule has 1 aliphatic rings. The highest BCUT2D eigenvalue weighted by atomic mass is 16.3. The van der Waals surface area contributed by atoms with Crippen LogP contribution in [0.25, 0.3) is 0 Å². The zero-order valence-corrected chi connectivity index (χ0v) is 16.7. The number of likely N-dealkylation sites (tertiary alicyclic amines) is 1. The number of aliphatic hydroxyl groups is 2. The average molecular weight is 395 g/mol. The number of hydrogen-bond acceptors (Lipinski definition) is 4. The Morgan fingerprint density at radius 3 is 2.03 bits per heavy atom. The molecule has 29 heavy (non-hydrogen) atoms. The summed E-state index contributed by atoms with van der Waals surface area (Å²) in [7, 11) is 0. The topological polar surface area (TPSA) is 64.0 Å². The first-order valence-corrected chi connectivity index (χ1v) is 10.3. The second-order valence-electron chi connectivity index (χ2n) is 7.41. The SMILES string of the molecule is O=C1[C@@H](N(Cc2ccccc2)Cc2ccccc2)CC(O)N1CC/C=C/CCO. The van der Waals surface area contributed by atoms with Crippen molar-refractivity contribution in [1.82, 2.24) is 9.80 Å². The summed E-state index contributed by atoms with van der Waals surface area (Å²) >= 11 is 0. The van der Waals surface area contributed by atoms with Gasteiger partial charge in [0.25, 0.3) is 0 Å². The van der Waals surface area contributed by atoms with E-state index in [2.05, 4.69) is 29.2 Å². The van der Waals surface area contributed by atoms with Crippen LogP contribution >= 0.6 is 0 Å². The van der Waals surface area contributed by atoms with E-state index in [1.807, 2.05) is 48.6 Å². The fourth-order valence-corrected chi connectivity index (χ4v) is 3.77. The zero-order chi connectivity index (χ0) is 20.5. The van der Waals surface area contributed by atoms with E-state index in [4.69, 9.17) is 5.11 Å². The van der Waals surface area contributed by atoms with Crippen molar-refractivity contribution in [2.24, 2.45) is 0 Å². The Labute approximate surface area is 172 Å². The Kier molecular flexibility index (Phi) is 7.99. The summed E-state index contributed by atoms with van der Waals surface area (Å²) in [4.78, 5) is 16.9. The highest BCUT2D eigenvalue weighted by Crippen LogP contribution is 2.25. The molecule has 1 amide bonds. The summed E-state index contributed by atoms with van der Waals surface area (Å²) in [6.45, 7) is 1.92. The van der Waals surface area contributed by atoms with Gasteiger partial charge in [-0.15, -0.1) is 0 Å². The quantitative estimate of drug-likeness (QED) is 0.608. The lowest BCUT2D eigenvalue weighted by molar-refractivity contribution is -0.136. The van der Waals surface area contributed by atoms with Gasteiger partial charge in [-0.3, -0.25) is 9.69 Å². The third-order valence-corrected chi connectivity index (χ3v) is 5.26. The number of amides is 1. The Morgan fingerprint density at radius 1 is 0.931 bits per heavy atom. The highest BCUT2D eigenvalue weighted by Gasteiger charge is 2.41. The van der Waals surface area contributed by atoms with Gasteiger partial charge in [-0.05, 0) is 24.0 Å². The minimum absolute atomic E-state index is 0.0140. The van der Waals surface area contributed by atoms with Crippen molar-refractivity contribution in [2.45, 2.75) is 44.6 Å². The molecule has 1 heterocycles. The van der Waals surface area contributed by atoms with Gasteiger partial charge in [0.15, 0.2) is 0 Å². The molecule has 1 saturated heterocycles. The van der Waals surface area contributed by atoms with Crippen LogP contribution in [0, 0.1) is 0 Å². The average Bonchev–Trinajstić information content (AvgIpc) is 3.03. The third-order valence-electron chi connectivity index (χ3n) is 5.26. The van der Waals surface area contributed by atoms with Crippen LogP contribution in [0.1, 0.15) is 30.4 Å². The maximum Gasteiger partial charge on any atom is 0.242 e. The second-order valence-corrected chi connectivity index (χ2v) is 7.41. The third kappa shape index (κ3) is 6.00. The number of carbonyl (C=O) groups is 1. The van der Waals surface area contributed by atoms with Crippen LogP contribution in [0.15, 0.2) is 72.8 Å². The number of rotatable bonds is 10. The lowest BCUT2D eigenvalue weighted by Crippen LogP contribution is -2.42. The molecule has 1 fully saturated rings. The van der Waals surface area contributed by atoms with E-state index in [1.165, 1.54) is 0 Å². The van der Waals surface area contributed by atoms with E-state index in [0.29, 0.717) is 38.9 Å². The molecule has 0 bridgehead atoms. The van der Waals surface area contributed by atoms with E-state index in [0.717, 1.165) is 11.1 Å². The van der Waals surface area contributed by atoms with Crippen molar-refractivity contribution < 1.29 is 15.0 Å². The zero-order valence-electron chi connectivity index (χ0n) is 16.7. The minimum Gasteiger partial charge on any atom is -0.396 e. The van der Waals surface area contributed by atoms with Crippen molar-refractivity contribution in [3.63, 3.8) is 0 Å². The van der Waals surface area contributed by atoms with Crippen LogP contribution in [0.2, 0.25) is 0 Å². The largest absolute Gasteiger partial charge is 0.396 e. The Hall–Kier alpha value is -2.47. The van der Waals surface area contributed by atoms with Crippen molar-refractivity contribution in [3.05, 3.63) is 83.9 Å². The molecule has 2 aromatic carbocycles. The molecule has 2 atom stereocenters. The minimum atomic E-state index is -0.757. The normalized spacial score (nSPS) is 19.6. The van der Waals surface area contributed by atoms with Gasteiger partial charge in [-0.1, -0.05) is 72.8 Å². The first kappa shape index (κ1) is 21.2. The van der Waals surface area contributed by atoms with E-state index in [1.54, 1.807) is 4.90 Å². The molecule has 2 aromatic rings. The molecule has 0 radical (unpaired) electrons. The lowest BCUT2D eigenvalue weighted by Gasteiger charge is -2.28. The van der Waals surface area contributed by atoms with Crippen LogP contribution in [0.3, 0.4) is 0 Å². The maximum atomic E-state index is 13.1. The summed E-state index contributed by atoms with van der Waals surface area (Å²) in [5, 5.41) is 19.4. The molecule has 1 aliphatic heterocycles. The monoisotopic (exact) mass is 394 g/mol. The molecule has 5 heteroatoms. The van der Waals surface area contributed by atoms with Crippen molar-refractivity contribution in [1.29, 1.82) is 0 Å². The van der Waals surface area contributed by atoms with Gasteiger partial charge >= 0.3 is 0 Å². The second kappa shape index (κ2) is 10.9. The smallest absolute Gasteiger partial charge is 0.242 e. The lowest BCUT2D eigenvalue weighted by atomic mass is 10.1. The molecule has 1 unspecified atom stereocenters. The number of benzene rings is 2. The molecular formula is C24H30N2O3. The molecule has 0 spiro atoms. The fourth-order valence-electron chi connectivity index (χ4n) is 3.77. The van der Waals surface area contributed by atoms with E-state index >= 15 is 0 Å². The van der Waals surface area contributed by atoms with Crippen LogP contribution in [0.4, 0.5) is 0 Å². The number of hydrogen-bond donors (Lipinski definition) is 2. The van der Waals surface area contributed by atoms with Gasteiger partial charge < -0.3 is 15.1 Å². The molecule has 5 nitrogen and oxygen atoms in total. The summed E-state index contributed by atoms with van der Waals surface area (Å²) in [6.07, 6.45) is 4.80. The summed E-state index contributed by atoms with van der Waals surface area (Å²) < 4.78 is 0. The predicted molar refractivity (Wildman–Crippen MR) is 114 cm³/mol. The van der Waals surface area contributed by atoms with Gasteiger partial charge in [0, 0.05) is 32.7 Å². The summed E-state index contributed by atoms with van der Waals surface area (Å²) in [5.41, 5.74) is 2.30. The van der Waals surface area contributed by atoms with Crippen molar-refractivity contribution in [2.75, 3.05) is 13.2 Å². The van der Waals surface area contributed by atoms with Gasteiger partial charge in [0.05, 0.1) is 6.04 Å². The van der Waals surface area contributed by atoms with Gasteiger partial charge in [0.1, 0.15) is 6.23 Å². The molecule has 3 rings (SSSR count). The molecule has 0 saturated carbocycles. The van der Waals surface area contributed by atoms with Crippen LogP contribution in [-0.4, -0.2) is 51.3 Å². The van der Waals surface area contributed by atoms with Crippen molar-refractivity contribution in [3.8, 4) is 0 Å². The van der Waals surface area contributed by atoms with E-state index in [9.17, 15) is 9.90 Å². The van der Waals surface area contributed by atoms with Gasteiger partial charge in [-0.25, -0.2) is 0 Å².